The van der Waals surface area contributed by atoms with Crippen LogP contribution in [-0.2, 0) is 0 Å². The predicted molar refractivity (Wildman–Crippen MR) is 51.3 cm³/mol. The van der Waals surface area contributed by atoms with Gasteiger partial charge in [-0.05, 0) is 12.8 Å². The smallest absolute Gasteiger partial charge is 0.0348 e. The van der Waals surface area contributed by atoms with Crippen molar-refractivity contribution < 1.29 is 0 Å². The lowest BCUT2D eigenvalue weighted by atomic mass is 10.2. The van der Waals surface area contributed by atoms with Gasteiger partial charge in [-0.1, -0.05) is 56.7 Å². The molecular weight excluding hydrogens is 132 g/mol. The summed E-state index contributed by atoms with van der Waals surface area (Å²) in [6, 6.07) is 0. The minimum absolute atomic E-state index is 1.18. The van der Waals surface area contributed by atoms with Crippen LogP contribution in [0.25, 0.3) is 0 Å². The highest BCUT2D eigenvalue weighted by atomic mass is 13.9. The van der Waals surface area contributed by atoms with Crippen LogP contribution in [0.5, 0.6) is 0 Å². The van der Waals surface area contributed by atoms with Gasteiger partial charge in [0, 0.05) is 0 Å². The van der Waals surface area contributed by atoms with E-state index in [9.17, 15) is 0 Å². The van der Waals surface area contributed by atoms with Gasteiger partial charge in [0.25, 0.3) is 0 Å². The lowest BCUT2D eigenvalue weighted by molar-refractivity contribution is 0.729. The summed E-state index contributed by atoms with van der Waals surface area (Å²) in [5.74, 6) is 0. The van der Waals surface area contributed by atoms with E-state index < -0.39 is 0 Å². The average Bonchev–Trinajstić information content (AvgIpc) is 2.03. The number of hydrogen-bond donors (Lipinski definition) is 0. The lowest BCUT2D eigenvalue weighted by Crippen LogP contribution is -1.69. The van der Waals surface area contributed by atoms with Gasteiger partial charge >= 0.3 is 0 Å². The van der Waals surface area contributed by atoms with E-state index in [2.05, 4.69) is 13.0 Å². The summed E-state index contributed by atoms with van der Waals surface area (Å²) in [7, 11) is 0. The number of allylic oxidation sites excluding steroid dienone is 5. The van der Waals surface area contributed by atoms with Crippen molar-refractivity contribution in [3.05, 3.63) is 37.0 Å². The monoisotopic (exact) mass is 149 g/mol. The molecule has 1 radical (unpaired) electrons. The van der Waals surface area contributed by atoms with Crippen LogP contribution in [-0.4, -0.2) is 0 Å². The molecule has 0 aromatic carbocycles. The van der Waals surface area contributed by atoms with E-state index in [-0.39, 0.29) is 0 Å². The molecule has 0 N–H and O–H groups in total. The van der Waals surface area contributed by atoms with Crippen LogP contribution in [0.4, 0.5) is 0 Å². The Morgan fingerprint density at radius 3 is 2.55 bits per heavy atom. The third kappa shape index (κ3) is 9.22. The zero-order valence-electron chi connectivity index (χ0n) is 7.29. The first-order valence-corrected chi connectivity index (χ1v) is 4.28. The Hall–Kier alpha value is -0.780. The molecule has 0 nitrogen and oxygen atoms in total. The Morgan fingerprint density at radius 2 is 1.91 bits per heavy atom. The Labute approximate surface area is 70.3 Å². The van der Waals surface area contributed by atoms with Crippen molar-refractivity contribution in [1.82, 2.24) is 0 Å². The van der Waals surface area contributed by atoms with Crippen molar-refractivity contribution in [2.45, 2.75) is 32.6 Å². The molecule has 0 saturated heterocycles. The zero-order valence-corrected chi connectivity index (χ0v) is 7.29. The van der Waals surface area contributed by atoms with Gasteiger partial charge in [0.2, 0.25) is 0 Å². The lowest BCUT2D eigenvalue weighted by Gasteiger charge is -1.89. The zero-order chi connectivity index (χ0) is 8.36. The molecule has 0 aromatic rings. The van der Waals surface area contributed by atoms with E-state index in [1.54, 1.807) is 0 Å². The second-order valence-corrected chi connectivity index (χ2v) is 2.50. The Morgan fingerprint density at radius 1 is 1.09 bits per heavy atom. The molecule has 0 saturated carbocycles. The predicted octanol–water partition coefficient (Wildman–Crippen LogP) is 3.67. The van der Waals surface area contributed by atoms with Gasteiger partial charge in [-0.15, -0.1) is 0 Å². The van der Waals surface area contributed by atoms with Gasteiger partial charge in [-0.25, -0.2) is 0 Å². The first-order valence-electron chi connectivity index (χ1n) is 4.28. The van der Waals surface area contributed by atoms with Crippen molar-refractivity contribution in [2.24, 2.45) is 0 Å². The fraction of sp³-hybridized carbons (Fsp3) is 0.455. The summed E-state index contributed by atoms with van der Waals surface area (Å²) in [5.41, 5.74) is 0. The normalized spacial score (nSPS) is 11.4. The molecule has 0 aromatic heterocycles. The molecule has 0 amide bonds. The molecule has 0 aliphatic heterocycles. The molecule has 0 aliphatic rings. The van der Waals surface area contributed by atoms with Crippen molar-refractivity contribution in [3.8, 4) is 0 Å². The average molecular weight is 149 g/mol. The molecule has 0 rings (SSSR count). The summed E-state index contributed by atoms with van der Waals surface area (Å²) in [5, 5.41) is 0. The van der Waals surface area contributed by atoms with Crippen molar-refractivity contribution in [1.29, 1.82) is 0 Å². The molecule has 0 bridgehead atoms. The Kier molecular flexibility index (Phi) is 8.57. The molecule has 0 heterocycles. The first-order chi connectivity index (χ1) is 5.41. The van der Waals surface area contributed by atoms with Crippen LogP contribution in [0.1, 0.15) is 32.6 Å². The van der Waals surface area contributed by atoms with E-state index in [1.807, 2.05) is 18.2 Å². The number of hydrogen-bond acceptors (Lipinski definition) is 0. The molecule has 0 unspecified atom stereocenters. The van der Waals surface area contributed by atoms with Crippen LogP contribution >= 0.6 is 0 Å². The minimum Gasteiger partial charge on any atom is -0.0845 e. The molecule has 61 valence electrons. The Bertz CT molecular complexity index is 129. The minimum atomic E-state index is 1.18. The van der Waals surface area contributed by atoms with Crippen molar-refractivity contribution in [2.75, 3.05) is 0 Å². The maximum absolute atomic E-state index is 5.15. The van der Waals surface area contributed by atoms with E-state index in [0.717, 1.165) is 0 Å². The quantitative estimate of drug-likeness (QED) is 0.399. The highest BCUT2D eigenvalue weighted by molar-refractivity contribution is 5.07. The summed E-state index contributed by atoms with van der Waals surface area (Å²) >= 11 is 0. The third-order valence-electron chi connectivity index (χ3n) is 1.44. The van der Waals surface area contributed by atoms with Gasteiger partial charge < -0.3 is 0 Å². The molecular formula is C11H17. The molecule has 0 atom stereocenters. The maximum atomic E-state index is 5.15. The van der Waals surface area contributed by atoms with Crippen molar-refractivity contribution >= 4 is 0 Å². The van der Waals surface area contributed by atoms with Gasteiger partial charge in [0.1, 0.15) is 0 Å². The summed E-state index contributed by atoms with van der Waals surface area (Å²) in [6.07, 6.45) is 14.6. The third-order valence-corrected chi connectivity index (χ3v) is 1.44. The topological polar surface area (TPSA) is 0 Å². The number of unbranched alkanes of at least 4 members (excludes halogenated alkanes) is 3. The van der Waals surface area contributed by atoms with E-state index in [1.165, 1.54) is 31.8 Å². The highest BCUT2D eigenvalue weighted by Crippen LogP contribution is 1.99. The molecule has 0 fully saturated rings. The largest absolute Gasteiger partial charge is 0.0845 e. The fourth-order valence-electron chi connectivity index (χ4n) is 0.815. The Balaban J connectivity index is 3.15. The van der Waals surface area contributed by atoms with Crippen LogP contribution in [0.3, 0.4) is 0 Å². The van der Waals surface area contributed by atoms with Gasteiger partial charge in [0.15, 0.2) is 0 Å². The van der Waals surface area contributed by atoms with Gasteiger partial charge in [0.05, 0.1) is 0 Å². The van der Waals surface area contributed by atoms with E-state index in [0.29, 0.717) is 0 Å². The van der Waals surface area contributed by atoms with E-state index in [4.69, 9.17) is 6.58 Å². The molecule has 0 spiro atoms. The standard InChI is InChI=1S/C11H17/c1-3-5-7-9-11-10-8-6-4-2/h1,3,5,7,9,11H,4,6,8,10H2,2H3/b3-1?,7-5+,11-9+. The second-order valence-electron chi connectivity index (χ2n) is 2.50. The molecule has 0 heteroatoms. The summed E-state index contributed by atoms with van der Waals surface area (Å²) in [6.45, 7) is 7.36. The van der Waals surface area contributed by atoms with Crippen LogP contribution in [0.15, 0.2) is 30.4 Å². The second kappa shape index (κ2) is 9.22. The first kappa shape index (κ1) is 10.2. The molecule has 11 heavy (non-hydrogen) atoms. The summed E-state index contributed by atoms with van der Waals surface area (Å²) < 4.78 is 0. The SMILES string of the molecule is [CH]=C/C=C/C=C/CCCCC. The van der Waals surface area contributed by atoms with Crippen LogP contribution in [0.2, 0.25) is 0 Å². The highest BCUT2D eigenvalue weighted by Gasteiger charge is 1.79. The van der Waals surface area contributed by atoms with Gasteiger partial charge in [-0.3, -0.25) is 0 Å². The molecule has 0 aliphatic carbocycles. The fourth-order valence-corrected chi connectivity index (χ4v) is 0.815. The van der Waals surface area contributed by atoms with Crippen LogP contribution in [0, 0.1) is 6.58 Å². The number of rotatable bonds is 6. The summed E-state index contributed by atoms with van der Waals surface area (Å²) in [4.78, 5) is 0. The van der Waals surface area contributed by atoms with Crippen molar-refractivity contribution in [3.63, 3.8) is 0 Å². The van der Waals surface area contributed by atoms with Gasteiger partial charge in [-0.2, -0.15) is 0 Å². The maximum Gasteiger partial charge on any atom is -0.0348 e. The van der Waals surface area contributed by atoms with Crippen LogP contribution < -0.4 is 0 Å². The van der Waals surface area contributed by atoms with E-state index >= 15 is 0 Å².